The van der Waals surface area contributed by atoms with Crippen molar-refractivity contribution in [3.8, 4) is 0 Å². The maximum Gasteiger partial charge on any atom is 0.220 e. The number of carbonyl (C=O) groups excluding carboxylic acids is 1. The summed E-state index contributed by atoms with van der Waals surface area (Å²) >= 11 is 0. The molecule has 0 fully saturated rings. The van der Waals surface area contributed by atoms with Crippen molar-refractivity contribution < 1.29 is 25.2 Å². The minimum absolute atomic E-state index is 0.232. The molecule has 0 rings (SSSR count). The van der Waals surface area contributed by atoms with Crippen LogP contribution < -0.4 is 5.32 Å². The SMILES string of the molecule is CC/C=C\C/C=C\CC(O)/C=C/C=C\C/C=C\CCCC(=O)N[C@@H](CO)C(O)C(O)CCCCCCCCCCCCCC. The summed E-state index contributed by atoms with van der Waals surface area (Å²) in [5.74, 6) is -0.232. The lowest BCUT2D eigenvalue weighted by Gasteiger charge is -2.26. The summed E-state index contributed by atoms with van der Waals surface area (Å²) in [7, 11) is 0. The van der Waals surface area contributed by atoms with E-state index in [0.29, 0.717) is 25.7 Å². The molecule has 254 valence electrons. The molecule has 0 aliphatic heterocycles. The first-order valence-electron chi connectivity index (χ1n) is 17.7. The van der Waals surface area contributed by atoms with Crippen LogP contribution in [0, 0.1) is 0 Å². The number of hydrogen-bond acceptors (Lipinski definition) is 5. The summed E-state index contributed by atoms with van der Waals surface area (Å²) < 4.78 is 0. The van der Waals surface area contributed by atoms with Gasteiger partial charge in [0.25, 0.3) is 0 Å². The molecule has 5 N–H and O–H groups in total. The minimum Gasteiger partial charge on any atom is -0.394 e. The average molecular weight is 618 g/mol. The van der Waals surface area contributed by atoms with Crippen molar-refractivity contribution in [3.05, 3.63) is 60.8 Å². The van der Waals surface area contributed by atoms with E-state index in [-0.39, 0.29) is 5.91 Å². The van der Waals surface area contributed by atoms with Crippen molar-refractivity contribution in [2.24, 2.45) is 0 Å². The maximum absolute atomic E-state index is 12.3. The van der Waals surface area contributed by atoms with Gasteiger partial charge in [0.15, 0.2) is 0 Å². The van der Waals surface area contributed by atoms with Gasteiger partial charge < -0.3 is 25.7 Å². The molecule has 0 saturated heterocycles. The molecule has 0 aromatic rings. The van der Waals surface area contributed by atoms with Gasteiger partial charge in [-0.25, -0.2) is 0 Å². The predicted octanol–water partition coefficient (Wildman–Crippen LogP) is 8.17. The van der Waals surface area contributed by atoms with Gasteiger partial charge in [-0.15, -0.1) is 0 Å². The Bertz CT molecular complexity index is 788. The van der Waals surface area contributed by atoms with Gasteiger partial charge in [-0.2, -0.15) is 0 Å². The second-order valence-electron chi connectivity index (χ2n) is 11.9. The molecule has 3 unspecified atom stereocenters. The molecule has 1 amide bonds. The fraction of sp³-hybridized carbons (Fsp3) is 0.711. The van der Waals surface area contributed by atoms with E-state index in [1.54, 1.807) is 6.08 Å². The Labute approximate surface area is 270 Å². The number of aliphatic hydroxyl groups is 4. The van der Waals surface area contributed by atoms with E-state index < -0.39 is 31.0 Å². The van der Waals surface area contributed by atoms with Crippen LogP contribution in [0.5, 0.6) is 0 Å². The zero-order valence-corrected chi connectivity index (χ0v) is 28.1. The summed E-state index contributed by atoms with van der Waals surface area (Å²) in [4.78, 5) is 12.3. The first-order valence-corrected chi connectivity index (χ1v) is 17.7. The Morgan fingerprint density at radius 3 is 1.91 bits per heavy atom. The molecule has 44 heavy (non-hydrogen) atoms. The fourth-order valence-electron chi connectivity index (χ4n) is 4.93. The van der Waals surface area contributed by atoms with Gasteiger partial charge in [0, 0.05) is 6.42 Å². The van der Waals surface area contributed by atoms with Crippen LogP contribution in [0.4, 0.5) is 0 Å². The number of carbonyl (C=O) groups is 1. The van der Waals surface area contributed by atoms with E-state index in [1.165, 1.54) is 57.8 Å². The Hall–Kier alpha value is -1.99. The Morgan fingerprint density at radius 1 is 0.682 bits per heavy atom. The van der Waals surface area contributed by atoms with Crippen molar-refractivity contribution in [3.63, 3.8) is 0 Å². The van der Waals surface area contributed by atoms with Crippen LogP contribution in [0.3, 0.4) is 0 Å². The van der Waals surface area contributed by atoms with Gasteiger partial charge >= 0.3 is 0 Å². The van der Waals surface area contributed by atoms with Gasteiger partial charge in [-0.1, -0.05) is 152 Å². The highest BCUT2D eigenvalue weighted by atomic mass is 16.3. The van der Waals surface area contributed by atoms with Crippen LogP contribution in [0.2, 0.25) is 0 Å². The first-order chi connectivity index (χ1) is 21.5. The quantitative estimate of drug-likeness (QED) is 0.0317. The second kappa shape index (κ2) is 32.4. The molecule has 0 radical (unpaired) electrons. The summed E-state index contributed by atoms with van der Waals surface area (Å²) in [6, 6.07) is -0.860. The number of hydrogen-bond donors (Lipinski definition) is 5. The molecule has 0 aromatic heterocycles. The molecule has 0 aromatic carbocycles. The number of aliphatic hydroxyl groups excluding tert-OH is 4. The molecule has 6 nitrogen and oxygen atoms in total. The van der Waals surface area contributed by atoms with Gasteiger partial charge in [-0.05, 0) is 44.9 Å². The number of amides is 1. The van der Waals surface area contributed by atoms with Crippen molar-refractivity contribution in [1.29, 1.82) is 0 Å². The third-order valence-electron chi connectivity index (χ3n) is 7.72. The lowest BCUT2D eigenvalue weighted by atomic mass is 9.99. The Balaban J connectivity index is 3.94. The highest BCUT2D eigenvalue weighted by Gasteiger charge is 2.26. The molecule has 6 heteroatoms. The Morgan fingerprint density at radius 2 is 1.27 bits per heavy atom. The molecular formula is C38H67NO5. The first kappa shape index (κ1) is 42.0. The third kappa shape index (κ3) is 27.6. The van der Waals surface area contributed by atoms with E-state index in [0.717, 1.165) is 44.9 Å². The molecule has 0 saturated carbocycles. The molecule has 0 aliphatic carbocycles. The molecule has 0 heterocycles. The number of allylic oxidation sites excluding steroid dienone is 8. The van der Waals surface area contributed by atoms with E-state index in [4.69, 9.17) is 0 Å². The third-order valence-corrected chi connectivity index (χ3v) is 7.72. The van der Waals surface area contributed by atoms with Crippen LogP contribution in [-0.2, 0) is 4.79 Å². The van der Waals surface area contributed by atoms with Gasteiger partial charge in [0.05, 0.1) is 24.9 Å². The zero-order valence-electron chi connectivity index (χ0n) is 28.1. The summed E-state index contributed by atoms with van der Waals surface area (Å²) in [6.07, 6.45) is 37.7. The minimum atomic E-state index is -1.18. The van der Waals surface area contributed by atoms with Crippen LogP contribution in [0.25, 0.3) is 0 Å². The molecule has 0 spiro atoms. The summed E-state index contributed by atoms with van der Waals surface area (Å²) in [6.45, 7) is 3.94. The van der Waals surface area contributed by atoms with Crippen molar-refractivity contribution in [1.82, 2.24) is 5.32 Å². The van der Waals surface area contributed by atoms with Gasteiger partial charge in [-0.3, -0.25) is 4.79 Å². The normalized spacial score (nSPS) is 15.3. The maximum atomic E-state index is 12.3. The molecule has 0 bridgehead atoms. The van der Waals surface area contributed by atoms with E-state index in [1.807, 2.05) is 36.5 Å². The van der Waals surface area contributed by atoms with E-state index in [2.05, 4.69) is 37.4 Å². The second-order valence-corrected chi connectivity index (χ2v) is 11.9. The molecule has 0 aliphatic rings. The number of rotatable bonds is 30. The van der Waals surface area contributed by atoms with Gasteiger partial charge in [0.1, 0.15) is 6.10 Å². The molecule has 4 atom stereocenters. The van der Waals surface area contributed by atoms with Crippen LogP contribution in [0.15, 0.2) is 60.8 Å². The monoisotopic (exact) mass is 618 g/mol. The van der Waals surface area contributed by atoms with E-state index in [9.17, 15) is 25.2 Å². The highest BCUT2D eigenvalue weighted by molar-refractivity contribution is 5.76. The smallest absolute Gasteiger partial charge is 0.220 e. The van der Waals surface area contributed by atoms with E-state index >= 15 is 0 Å². The highest BCUT2D eigenvalue weighted by Crippen LogP contribution is 2.15. The standard InChI is InChI=1S/C38H67NO5/c1-3-5-7-9-11-12-13-14-15-19-23-27-31-36(42)38(44)35(33-40)39-37(43)32-28-24-20-17-16-18-22-26-30-34(41)29-25-21-10-8-6-4-2/h6,8,17-18,20-22,25-26,30,34-36,38,40-42,44H,3-5,7,9-16,19,23-24,27-29,31-33H2,1-2H3,(H,39,43)/b8-6-,20-17-,22-18-,25-21-,30-26+/t34?,35-,36?,38?/m0/s1. The van der Waals surface area contributed by atoms with Crippen LogP contribution in [-0.4, -0.2) is 57.3 Å². The summed E-state index contributed by atoms with van der Waals surface area (Å²) in [5.41, 5.74) is 0. The van der Waals surface area contributed by atoms with Crippen molar-refractivity contribution >= 4 is 5.91 Å². The van der Waals surface area contributed by atoms with Crippen molar-refractivity contribution in [2.45, 2.75) is 167 Å². The fourth-order valence-corrected chi connectivity index (χ4v) is 4.93. The largest absolute Gasteiger partial charge is 0.394 e. The lowest BCUT2D eigenvalue weighted by Crippen LogP contribution is -2.50. The van der Waals surface area contributed by atoms with Crippen LogP contribution in [0.1, 0.15) is 142 Å². The Kier molecular flexibility index (Phi) is 30.9. The zero-order chi connectivity index (χ0) is 32.5. The lowest BCUT2D eigenvalue weighted by molar-refractivity contribution is -0.124. The average Bonchev–Trinajstić information content (AvgIpc) is 3.02. The number of unbranched alkanes of at least 4 members (excludes halogenated alkanes) is 12. The van der Waals surface area contributed by atoms with Crippen LogP contribution >= 0.6 is 0 Å². The van der Waals surface area contributed by atoms with Gasteiger partial charge in [0.2, 0.25) is 5.91 Å². The summed E-state index contributed by atoms with van der Waals surface area (Å²) in [5, 5.41) is 43.2. The van der Waals surface area contributed by atoms with Crippen molar-refractivity contribution in [2.75, 3.05) is 6.61 Å². The predicted molar refractivity (Wildman–Crippen MR) is 186 cm³/mol. The topological polar surface area (TPSA) is 110 Å². The molecular weight excluding hydrogens is 550 g/mol. The number of nitrogens with one attached hydrogen (secondary N) is 1.